The maximum Gasteiger partial charge on any atom is 0.407 e. The van der Waals surface area contributed by atoms with Crippen molar-refractivity contribution in [1.82, 2.24) is 5.32 Å². The SMILES string of the molecule is CCCCOC(=O)N[C@H]1CCc2c(Cl)c(OC)c(OC)c(OC)c2-c2ccc(SC)c(=O)cc21. The van der Waals surface area contributed by atoms with E-state index in [-0.39, 0.29) is 5.43 Å². The first-order valence-electron chi connectivity index (χ1n) is 11.1. The van der Waals surface area contributed by atoms with E-state index in [9.17, 15) is 9.59 Å². The van der Waals surface area contributed by atoms with Gasteiger partial charge in [0.25, 0.3) is 0 Å². The predicted molar refractivity (Wildman–Crippen MR) is 135 cm³/mol. The number of methoxy groups -OCH3 is 3. The topological polar surface area (TPSA) is 83.1 Å². The zero-order valence-electron chi connectivity index (χ0n) is 20.1. The van der Waals surface area contributed by atoms with Gasteiger partial charge >= 0.3 is 6.09 Å². The zero-order chi connectivity index (χ0) is 24.8. The molecule has 0 saturated heterocycles. The van der Waals surface area contributed by atoms with E-state index >= 15 is 0 Å². The summed E-state index contributed by atoms with van der Waals surface area (Å²) in [6, 6.07) is 4.76. The number of fused-ring (bicyclic) bond motifs is 3. The molecule has 2 aromatic carbocycles. The lowest BCUT2D eigenvalue weighted by atomic mass is 9.95. The Bertz CT molecular complexity index is 1120. The summed E-state index contributed by atoms with van der Waals surface area (Å²) in [5.74, 6) is 1.20. The fourth-order valence-electron chi connectivity index (χ4n) is 4.18. The molecule has 0 unspecified atom stereocenters. The molecule has 1 amide bonds. The third-order valence-electron chi connectivity index (χ3n) is 5.83. The van der Waals surface area contributed by atoms with Gasteiger partial charge in [-0.3, -0.25) is 4.79 Å². The molecule has 2 aromatic rings. The quantitative estimate of drug-likeness (QED) is 0.366. The van der Waals surface area contributed by atoms with Crippen molar-refractivity contribution in [3.63, 3.8) is 0 Å². The van der Waals surface area contributed by atoms with Crippen LogP contribution < -0.4 is 25.0 Å². The summed E-state index contributed by atoms with van der Waals surface area (Å²) in [5.41, 5.74) is 2.77. The van der Waals surface area contributed by atoms with Crippen LogP contribution in [0.2, 0.25) is 5.02 Å². The van der Waals surface area contributed by atoms with Crippen LogP contribution in [0.5, 0.6) is 17.2 Å². The number of hydrogen-bond acceptors (Lipinski definition) is 7. The van der Waals surface area contributed by atoms with E-state index < -0.39 is 12.1 Å². The van der Waals surface area contributed by atoms with Crippen molar-refractivity contribution in [3.8, 4) is 28.4 Å². The molecule has 7 nitrogen and oxygen atoms in total. The smallest absolute Gasteiger partial charge is 0.407 e. The lowest BCUT2D eigenvalue weighted by Gasteiger charge is -2.21. The maximum absolute atomic E-state index is 13.0. The van der Waals surface area contributed by atoms with Gasteiger partial charge in [-0.1, -0.05) is 31.0 Å². The fourth-order valence-corrected chi connectivity index (χ4v) is 5.00. The average Bonchev–Trinajstić information content (AvgIpc) is 3.08. The number of benzene rings is 1. The first kappa shape index (κ1) is 26.0. The van der Waals surface area contributed by atoms with Gasteiger partial charge in [0.15, 0.2) is 16.9 Å². The Balaban J connectivity index is 2.27. The average molecular weight is 508 g/mol. The molecule has 0 radical (unpaired) electrons. The number of nitrogens with one attached hydrogen (secondary N) is 1. The number of rotatable bonds is 8. The van der Waals surface area contributed by atoms with Crippen molar-refractivity contribution >= 4 is 29.5 Å². The molecule has 0 saturated carbocycles. The monoisotopic (exact) mass is 507 g/mol. The molecule has 34 heavy (non-hydrogen) atoms. The summed E-state index contributed by atoms with van der Waals surface area (Å²) in [6.45, 7) is 2.36. The predicted octanol–water partition coefficient (Wildman–Crippen LogP) is 5.63. The van der Waals surface area contributed by atoms with E-state index in [0.29, 0.717) is 57.7 Å². The van der Waals surface area contributed by atoms with E-state index in [0.717, 1.165) is 24.0 Å². The Morgan fingerprint density at radius 1 is 1.15 bits per heavy atom. The highest BCUT2D eigenvalue weighted by Gasteiger charge is 2.32. The molecule has 0 aliphatic heterocycles. The van der Waals surface area contributed by atoms with Gasteiger partial charge in [-0.25, -0.2) is 4.79 Å². The fraction of sp³-hybridized carbons (Fsp3) is 0.440. The Labute approximate surface area is 209 Å². The van der Waals surface area contributed by atoms with Crippen LogP contribution in [0.3, 0.4) is 0 Å². The Hall–Kier alpha value is -2.58. The molecule has 9 heteroatoms. The standard InChI is InChI=1S/C25H30ClNO6S/c1-6-7-12-33-25(29)27-17-10-8-15-20(14-9-11-19(34-5)18(28)13-16(14)17)22(30-2)24(32-4)23(31-3)21(15)26/h9,11,13,17H,6-8,10,12H2,1-5H3,(H,27,29)/t17-/m0/s1. The summed E-state index contributed by atoms with van der Waals surface area (Å²) in [7, 11) is 4.58. The zero-order valence-corrected chi connectivity index (χ0v) is 21.7. The molecular formula is C25H30ClNO6S. The summed E-state index contributed by atoms with van der Waals surface area (Å²) in [5, 5.41) is 3.36. The third kappa shape index (κ3) is 5.08. The van der Waals surface area contributed by atoms with Crippen LogP contribution in [-0.4, -0.2) is 40.3 Å². The van der Waals surface area contributed by atoms with Crippen molar-refractivity contribution in [1.29, 1.82) is 0 Å². The van der Waals surface area contributed by atoms with Gasteiger partial charge in [0.05, 0.1) is 43.9 Å². The number of carbonyl (C=O) groups is 1. The lowest BCUT2D eigenvalue weighted by molar-refractivity contribution is 0.140. The number of ether oxygens (including phenoxy) is 4. The summed E-state index contributed by atoms with van der Waals surface area (Å²) >= 11 is 8.16. The molecule has 0 fully saturated rings. The van der Waals surface area contributed by atoms with Crippen LogP contribution in [0.1, 0.15) is 43.4 Å². The van der Waals surface area contributed by atoms with E-state index in [2.05, 4.69) is 5.32 Å². The number of halogens is 1. The molecule has 1 aliphatic carbocycles. The Morgan fingerprint density at radius 3 is 2.47 bits per heavy atom. The van der Waals surface area contributed by atoms with Crippen molar-refractivity contribution in [3.05, 3.63) is 44.6 Å². The van der Waals surface area contributed by atoms with Crippen LogP contribution >= 0.6 is 23.4 Å². The van der Waals surface area contributed by atoms with Crippen molar-refractivity contribution in [2.45, 2.75) is 43.5 Å². The Kier molecular flexibility index (Phi) is 8.97. The van der Waals surface area contributed by atoms with E-state index in [1.165, 1.54) is 26.0 Å². The van der Waals surface area contributed by atoms with Gasteiger partial charge in [0.2, 0.25) is 5.75 Å². The van der Waals surface area contributed by atoms with Crippen LogP contribution in [0.15, 0.2) is 27.9 Å². The Morgan fingerprint density at radius 2 is 1.85 bits per heavy atom. The summed E-state index contributed by atoms with van der Waals surface area (Å²) < 4.78 is 22.3. The number of thioether (sulfide) groups is 1. The molecule has 0 bridgehead atoms. The van der Waals surface area contributed by atoms with E-state index in [1.807, 2.05) is 19.2 Å². The largest absolute Gasteiger partial charge is 0.492 e. The third-order valence-corrected chi connectivity index (χ3v) is 7.01. The van der Waals surface area contributed by atoms with Crippen LogP contribution in [0, 0.1) is 0 Å². The van der Waals surface area contributed by atoms with E-state index in [1.54, 1.807) is 19.2 Å². The minimum atomic E-state index is -0.521. The van der Waals surface area contributed by atoms with Crippen LogP contribution in [-0.2, 0) is 11.2 Å². The first-order chi connectivity index (χ1) is 16.4. The second kappa shape index (κ2) is 11.7. The van der Waals surface area contributed by atoms with Crippen LogP contribution in [0.4, 0.5) is 4.79 Å². The van der Waals surface area contributed by atoms with Crippen LogP contribution in [0.25, 0.3) is 11.1 Å². The molecule has 3 rings (SSSR count). The molecule has 0 aromatic heterocycles. The molecular weight excluding hydrogens is 478 g/mol. The van der Waals surface area contributed by atoms with Gasteiger partial charge in [0.1, 0.15) is 0 Å². The maximum atomic E-state index is 13.0. The second-order valence-electron chi connectivity index (χ2n) is 7.77. The van der Waals surface area contributed by atoms with Gasteiger partial charge in [-0.05, 0) is 54.3 Å². The number of hydrogen-bond donors (Lipinski definition) is 1. The molecule has 1 N–H and O–H groups in total. The second-order valence-corrected chi connectivity index (χ2v) is 9.00. The number of amides is 1. The molecule has 1 aliphatic rings. The lowest BCUT2D eigenvalue weighted by Crippen LogP contribution is -2.30. The normalized spacial score (nSPS) is 14.4. The highest BCUT2D eigenvalue weighted by molar-refractivity contribution is 7.98. The first-order valence-corrected chi connectivity index (χ1v) is 12.7. The summed E-state index contributed by atoms with van der Waals surface area (Å²) in [4.78, 5) is 26.1. The van der Waals surface area contributed by atoms with Crippen molar-refractivity contribution in [2.75, 3.05) is 34.2 Å². The summed E-state index contributed by atoms with van der Waals surface area (Å²) in [6.07, 6.45) is 4.04. The van der Waals surface area contributed by atoms with Gasteiger partial charge in [0, 0.05) is 5.56 Å². The molecule has 1 atom stereocenters. The van der Waals surface area contributed by atoms with Gasteiger partial charge < -0.3 is 24.3 Å². The van der Waals surface area contributed by atoms with Gasteiger partial charge in [-0.15, -0.1) is 11.8 Å². The highest BCUT2D eigenvalue weighted by Crippen LogP contribution is 2.54. The number of carbonyl (C=O) groups excluding carboxylic acids is 1. The number of unbranched alkanes of at least 4 members (excludes halogenated alkanes) is 1. The van der Waals surface area contributed by atoms with E-state index in [4.69, 9.17) is 30.5 Å². The van der Waals surface area contributed by atoms with Gasteiger partial charge in [-0.2, -0.15) is 0 Å². The van der Waals surface area contributed by atoms with Crippen molar-refractivity contribution in [2.24, 2.45) is 0 Å². The van der Waals surface area contributed by atoms with Crippen molar-refractivity contribution < 1.29 is 23.7 Å². The molecule has 0 heterocycles. The highest BCUT2D eigenvalue weighted by atomic mass is 35.5. The molecule has 0 spiro atoms. The minimum absolute atomic E-state index is 0.131. The minimum Gasteiger partial charge on any atom is -0.492 e. The number of alkyl carbamates (subject to hydrolysis) is 1. The molecule has 184 valence electrons.